The summed E-state index contributed by atoms with van der Waals surface area (Å²) >= 11 is 0. The smallest absolute Gasteiger partial charge is 0.310 e. The van der Waals surface area contributed by atoms with Crippen molar-refractivity contribution in [1.82, 2.24) is 5.32 Å². The molecule has 0 radical (unpaired) electrons. The summed E-state index contributed by atoms with van der Waals surface area (Å²) in [5.41, 5.74) is 0.173. The predicted molar refractivity (Wildman–Crippen MR) is 81.6 cm³/mol. The first kappa shape index (κ1) is 15.8. The second-order valence-corrected chi connectivity index (χ2v) is 6.75. The third-order valence-corrected chi connectivity index (χ3v) is 5.40. The summed E-state index contributed by atoms with van der Waals surface area (Å²) in [4.78, 5) is 12.1. The molecular formula is C17H31NO2. The summed E-state index contributed by atoms with van der Waals surface area (Å²) in [6.45, 7) is 1.82. The molecule has 1 saturated carbocycles. The number of ether oxygens (including phenoxy) is 1. The number of nitrogens with one attached hydrogen (secondary N) is 1. The quantitative estimate of drug-likeness (QED) is 0.745. The van der Waals surface area contributed by atoms with Crippen LogP contribution >= 0.6 is 0 Å². The van der Waals surface area contributed by atoms with Gasteiger partial charge in [-0.3, -0.25) is 4.79 Å². The molecule has 3 nitrogen and oxygen atoms in total. The minimum Gasteiger partial charge on any atom is -0.469 e. The average molecular weight is 281 g/mol. The number of carbonyl (C=O) groups excluding carboxylic acids is 1. The number of methoxy groups -OCH3 is 1. The van der Waals surface area contributed by atoms with Crippen molar-refractivity contribution in [2.75, 3.05) is 20.2 Å². The topological polar surface area (TPSA) is 38.3 Å². The SMILES string of the molecule is COC(=O)C1CNCC12CCCCCCCCCCC2. The van der Waals surface area contributed by atoms with Gasteiger partial charge in [-0.05, 0) is 18.3 Å². The summed E-state index contributed by atoms with van der Waals surface area (Å²) in [7, 11) is 1.53. The van der Waals surface area contributed by atoms with Gasteiger partial charge in [-0.1, -0.05) is 57.8 Å². The fraction of sp³-hybridized carbons (Fsp3) is 0.941. The van der Waals surface area contributed by atoms with Crippen LogP contribution < -0.4 is 5.32 Å². The monoisotopic (exact) mass is 281 g/mol. The maximum Gasteiger partial charge on any atom is 0.310 e. The lowest BCUT2D eigenvalue weighted by molar-refractivity contribution is -0.148. The molecule has 2 rings (SSSR count). The normalized spacial score (nSPS) is 28.6. The minimum absolute atomic E-state index is 0.00194. The Morgan fingerprint density at radius 1 is 0.950 bits per heavy atom. The van der Waals surface area contributed by atoms with Crippen molar-refractivity contribution in [1.29, 1.82) is 0 Å². The van der Waals surface area contributed by atoms with Gasteiger partial charge in [-0.25, -0.2) is 0 Å². The van der Waals surface area contributed by atoms with E-state index in [9.17, 15) is 4.79 Å². The van der Waals surface area contributed by atoms with Crippen molar-refractivity contribution in [3.05, 3.63) is 0 Å². The number of hydrogen-bond acceptors (Lipinski definition) is 3. The molecule has 116 valence electrons. The Hall–Kier alpha value is -0.570. The van der Waals surface area contributed by atoms with Crippen LogP contribution in [-0.4, -0.2) is 26.2 Å². The standard InChI is InChI=1S/C17H31NO2/c1-20-16(19)15-13-18-14-17(15)11-9-7-5-3-2-4-6-8-10-12-17/h15,18H,2-14H2,1H3. The highest BCUT2D eigenvalue weighted by molar-refractivity contribution is 5.74. The molecule has 0 amide bonds. The van der Waals surface area contributed by atoms with Gasteiger partial charge in [0.1, 0.15) is 0 Å². The first-order chi connectivity index (χ1) is 9.78. The number of esters is 1. The molecule has 3 heteroatoms. The summed E-state index contributed by atoms with van der Waals surface area (Å²) in [6, 6.07) is 0. The van der Waals surface area contributed by atoms with Gasteiger partial charge in [0, 0.05) is 13.1 Å². The molecular weight excluding hydrogens is 250 g/mol. The zero-order valence-electron chi connectivity index (χ0n) is 13.1. The van der Waals surface area contributed by atoms with Crippen LogP contribution in [0, 0.1) is 11.3 Å². The zero-order chi connectivity index (χ0) is 14.3. The molecule has 1 atom stereocenters. The minimum atomic E-state index is 0.00194. The number of hydrogen-bond donors (Lipinski definition) is 1. The average Bonchev–Trinajstić information content (AvgIpc) is 2.86. The van der Waals surface area contributed by atoms with Gasteiger partial charge in [0.25, 0.3) is 0 Å². The van der Waals surface area contributed by atoms with E-state index in [0.717, 1.165) is 13.1 Å². The van der Waals surface area contributed by atoms with Gasteiger partial charge in [0.2, 0.25) is 0 Å². The maximum absolute atomic E-state index is 12.1. The van der Waals surface area contributed by atoms with Crippen LogP contribution in [0.3, 0.4) is 0 Å². The second-order valence-electron chi connectivity index (χ2n) is 6.75. The number of carbonyl (C=O) groups is 1. The fourth-order valence-electron chi connectivity index (χ4n) is 4.12. The van der Waals surface area contributed by atoms with Gasteiger partial charge in [-0.2, -0.15) is 0 Å². The molecule has 0 aromatic heterocycles. The maximum atomic E-state index is 12.1. The van der Waals surface area contributed by atoms with Crippen LogP contribution in [0.5, 0.6) is 0 Å². The van der Waals surface area contributed by atoms with Crippen molar-refractivity contribution in [3.63, 3.8) is 0 Å². The molecule has 2 aliphatic rings. The molecule has 0 aromatic rings. The van der Waals surface area contributed by atoms with E-state index in [0.29, 0.717) is 0 Å². The molecule has 1 aliphatic carbocycles. The van der Waals surface area contributed by atoms with E-state index in [-0.39, 0.29) is 17.3 Å². The Morgan fingerprint density at radius 3 is 1.95 bits per heavy atom. The molecule has 1 unspecified atom stereocenters. The summed E-state index contributed by atoms with van der Waals surface area (Å²) in [6.07, 6.45) is 14.5. The molecule has 0 aromatic carbocycles. The van der Waals surface area contributed by atoms with Crippen LogP contribution in [-0.2, 0) is 9.53 Å². The predicted octanol–water partition coefficient (Wildman–Crippen LogP) is 3.67. The largest absolute Gasteiger partial charge is 0.469 e. The van der Waals surface area contributed by atoms with Crippen LogP contribution in [0.15, 0.2) is 0 Å². The van der Waals surface area contributed by atoms with Crippen molar-refractivity contribution in [2.45, 2.75) is 70.6 Å². The third-order valence-electron chi connectivity index (χ3n) is 5.40. The Morgan fingerprint density at radius 2 is 1.45 bits per heavy atom. The van der Waals surface area contributed by atoms with E-state index in [4.69, 9.17) is 4.74 Å². The molecule has 0 bridgehead atoms. The van der Waals surface area contributed by atoms with Crippen molar-refractivity contribution >= 4 is 5.97 Å². The Balaban J connectivity index is 2.00. The molecule has 20 heavy (non-hydrogen) atoms. The van der Waals surface area contributed by atoms with E-state index in [1.54, 1.807) is 0 Å². The van der Waals surface area contributed by atoms with Crippen LogP contribution in [0.1, 0.15) is 70.6 Å². The van der Waals surface area contributed by atoms with Gasteiger partial charge in [0.05, 0.1) is 13.0 Å². The van der Waals surface area contributed by atoms with Crippen LogP contribution in [0.25, 0.3) is 0 Å². The van der Waals surface area contributed by atoms with Gasteiger partial charge < -0.3 is 10.1 Å². The highest BCUT2D eigenvalue weighted by Gasteiger charge is 2.46. The van der Waals surface area contributed by atoms with Gasteiger partial charge >= 0.3 is 5.97 Å². The molecule has 1 heterocycles. The molecule has 1 aliphatic heterocycles. The lowest BCUT2D eigenvalue weighted by Gasteiger charge is -2.34. The van der Waals surface area contributed by atoms with Crippen molar-refractivity contribution < 1.29 is 9.53 Å². The first-order valence-corrected chi connectivity index (χ1v) is 8.57. The van der Waals surface area contributed by atoms with Crippen molar-refractivity contribution in [2.24, 2.45) is 11.3 Å². The zero-order valence-corrected chi connectivity index (χ0v) is 13.1. The van der Waals surface area contributed by atoms with E-state index in [2.05, 4.69) is 5.32 Å². The van der Waals surface area contributed by atoms with Crippen LogP contribution in [0.4, 0.5) is 0 Å². The Labute approximate surface area is 123 Å². The van der Waals surface area contributed by atoms with Gasteiger partial charge in [0.15, 0.2) is 0 Å². The van der Waals surface area contributed by atoms with Crippen LogP contribution in [0.2, 0.25) is 0 Å². The van der Waals surface area contributed by atoms with Crippen molar-refractivity contribution in [3.8, 4) is 0 Å². The summed E-state index contributed by atoms with van der Waals surface area (Å²) < 4.78 is 5.06. The second kappa shape index (κ2) is 8.02. The highest BCUT2D eigenvalue weighted by Crippen LogP contribution is 2.42. The molecule has 1 saturated heterocycles. The summed E-state index contributed by atoms with van der Waals surface area (Å²) in [5, 5.41) is 3.46. The lowest BCUT2D eigenvalue weighted by Crippen LogP contribution is -2.36. The highest BCUT2D eigenvalue weighted by atomic mass is 16.5. The fourth-order valence-corrected chi connectivity index (χ4v) is 4.12. The van der Waals surface area contributed by atoms with E-state index < -0.39 is 0 Å². The van der Waals surface area contributed by atoms with E-state index in [1.807, 2.05) is 0 Å². The molecule has 1 spiro atoms. The summed E-state index contributed by atoms with van der Waals surface area (Å²) in [5.74, 6) is 0.0811. The van der Waals surface area contributed by atoms with E-state index >= 15 is 0 Å². The lowest BCUT2D eigenvalue weighted by atomic mass is 9.70. The first-order valence-electron chi connectivity index (χ1n) is 8.57. The third kappa shape index (κ3) is 3.97. The Kier molecular flexibility index (Phi) is 6.34. The van der Waals surface area contributed by atoms with E-state index in [1.165, 1.54) is 77.7 Å². The molecule has 2 fully saturated rings. The van der Waals surface area contributed by atoms with Gasteiger partial charge in [-0.15, -0.1) is 0 Å². The Bertz CT molecular complexity index is 291. The molecule has 1 N–H and O–H groups in total. The number of rotatable bonds is 1.